The number of hydrogen-bond acceptors (Lipinski definition) is 6. The molecule has 28 heavy (non-hydrogen) atoms. The van der Waals surface area contributed by atoms with Gasteiger partial charge in [-0.15, -0.1) is 0 Å². The van der Waals surface area contributed by atoms with Crippen molar-refractivity contribution in [1.29, 1.82) is 0 Å². The summed E-state index contributed by atoms with van der Waals surface area (Å²) in [6.45, 7) is 3.73. The van der Waals surface area contributed by atoms with Gasteiger partial charge in [0.2, 0.25) is 0 Å². The number of hydrogen-bond donors (Lipinski definition) is 1. The van der Waals surface area contributed by atoms with E-state index < -0.39 is 13.9 Å². The fourth-order valence-corrected chi connectivity index (χ4v) is 3.57. The van der Waals surface area contributed by atoms with E-state index in [1.807, 2.05) is 21.1 Å². The van der Waals surface area contributed by atoms with Crippen LogP contribution in [0.1, 0.15) is 71.1 Å². The van der Waals surface area contributed by atoms with E-state index >= 15 is 0 Å². The number of nitrogens with zero attached hydrogens (tertiary/aromatic N) is 1. The van der Waals surface area contributed by atoms with Crippen LogP contribution in [0.3, 0.4) is 0 Å². The van der Waals surface area contributed by atoms with Crippen LogP contribution >= 0.6 is 7.82 Å². The van der Waals surface area contributed by atoms with Gasteiger partial charge in [-0.2, -0.15) is 0 Å². The Morgan fingerprint density at radius 2 is 1.46 bits per heavy atom. The molecular weight excluding hydrogens is 379 g/mol. The first-order valence-electron chi connectivity index (χ1n) is 10.9. The Bertz CT molecular complexity index is 405. The minimum atomic E-state index is -4.36. The van der Waals surface area contributed by atoms with Crippen molar-refractivity contribution in [2.24, 2.45) is 5.73 Å². The summed E-state index contributed by atoms with van der Waals surface area (Å²) in [5.74, 6) is 0. The van der Waals surface area contributed by atoms with E-state index in [1.165, 1.54) is 51.4 Å². The van der Waals surface area contributed by atoms with Crippen LogP contribution < -0.4 is 10.6 Å². The van der Waals surface area contributed by atoms with E-state index in [4.69, 9.17) is 19.5 Å². The highest BCUT2D eigenvalue weighted by Crippen LogP contribution is 2.39. The molecule has 0 aliphatic carbocycles. The van der Waals surface area contributed by atoms with Crippen molar-refractivity contribution in [2.75, 3.05) is 54.1 Å². The van der Waals surface area contributed by atoms with Gasteiger partial charge < -0.3 is 28.9 Å². The first-order chi connectivity index (χ1) is 13.2. The maximum Gasteiger partial charge on any atom is 0.268 e. The molecule has 7 nitrogen and oxygen atoms in total. The standard InChI is InChI=1S/C20H45N2O5P/c1-5-6-7-8-9-10-11-12-13-14-16-25-19-20(18-21)27-28(23,24)26-17-15-22(2,3)4/h20H,5-19,21H2,1-4H3. The van der Waals surface area contributed by atoms with E-state index in [-0.39, 0.29) is 19.8 Å². The lowest BCUT2D eigenvalue weighted by molar-refractivity contribution is -0.870. The molecule has 2 atom stereocenters. The molecule has 0 radical (unpaired) electrons. The van der Waals surface area contributed by atoms with Crippen LogP contribution in [0.15, 0.2) is 0 Å². The van der Waals surface area contributed by atoms with Crippen molar-refractivity contribution in [1.82, 2.24) is 0 Å². The first-order valence-corrected chi connectivity index (χ1v) is 12.4. The summed E-state index contributed by atoms with van der Waals surface area (Å²) >= 11 is 0. The van der Waals surface area contributed by atoms with Crippen molar-refractivity contribution < 1.29 is 27.7 Å². The SMILES string of the molecule is CCCCCCCCCCCCOCC(CN)OP(=O)([O-])OCC[N+](C)(C)C. The Hall–Kier alpha value is -0.0100. The second kappa shape index (κ2) is 16.8. The predicted molar refractivity (Wildman–Crippen MR) is 113 cm³/mol. The molecule has 0 bridgehead atoms. The molecule has 0 saturated heterocycles. The summed E-state index contributed by atoms with van der Waals surface area (Å²) in [7, 11) is 1.53. The third-order valence-corrected chi connectivity index (χ3v) is 5.55. The van der Waals surface area contributed by atoms with Crippen molar-refractivity contribution in [2.45, 2.75) is 77.2 Å². The second-order valence-electron chi connectivity index (χ2n) is 8.51. The molecule has 0 amide bonds. The van der Waals surface area contributed by atoms with Gasteiger partial charge in [0.25, 0.3) is 7.82 Å². The van der Waals surface area contributed by atoms with Gasteiger partial charge in [-0.1, -0.05) is 64.7 Å². The van der Waals surface area contributed by atoms with Crippen LogP contribution in [0.2, 0.25) is 0 Å². The lowest BCUT2D eigenvalue weighted by Gasteiger charge is -2.29. The van der Waals surface area contributed by atoms with Gasteiger partial charge in [0, 0.05) is 13.2 Å². The normalized spacial score (nSPS) is 15.5. The quantitative estimate of drug-likeness (QED) is 0.183. The topological polar surface area (TPSA) is 93.8 Å². The van der Waals surface area contributed by atoms with Gasteiger partial charge in [0.15, 0.2) is 0 Å². The molecule has 0 aromatic carbocycles. The number of unbranched alkanes of at least 4 members (excludes halogenated alkanes) is 9. The molecule has 0 fully saturated rings. The zero-order chi connectivity index (χ0) is 21.3. The maximum atomic E-state index is 11.9. The van der Waals surface area contributed by atoms with Gasteiger partial charge in [-0.25, -0.2) is 0 Å². The molecule has 0 aromatic heterocycles. The summed E-state index contributed by atoms with van der Waals surface area (Å²) in [5, 5.41) is 0. The minimum Gasteiger partial charge on any atom is -0.756 e. The number of phosphoric acid groups is 1. The van der Waals surface area contributed by atoms with Gasteiger partial charge in [0.05, 0.1) is 27.7 Å². The highest BCUT2D eigenvalue weighted by molar-refractivity contribution is 7.45. The van der Waals surface area contributed by atoms with Crippen molar-refractivity contribution in [3.05, 3.63) is 0 Å². The average molecular weight is 425 g/mol. The van der Waals surface area contributed by atoms with E-state index in [0.717, 1.165) is 12.8 Å². The average Bonchev–Trinajstić information content (AvgIpc) is 2.60. The molecule has 0 rings (SSSR count). The predicted octanol–water partition coefficient (Wildman–Crippen LogP) is 3.46. The lowest BCUT2D eigenvalue weighted by atomic mass is 10.1. The zero-order valence-electron chi connectivity index (χ0n) is 18.7. The maximum absolute atomic E-state index is 11.9. The third kappa shape index (κ3) is 19.3. The highest BCUT2D eigenvalue weighted by atomic mass is 31.2. The molecule has 170 valence electrons. The molecule has 2 unspecified atom stereocenters. The molecule has 0 aliphatic heterocycles. The number of phosphoric ester groups is 1. The van der Waals surface area contributed by atoms with Crippen LogP contribution in [0.5, 0.6) is 0 Å². The van der Waals surface area contributed by atoms with Crippen molar-refractivity contribution in [3.8, 4) is 0 Å². The number of rotatable bonds is 20. The Morgan fingerprint density at radius 1 is 0.929 bits per heavy atom. The highest BCUT2D eigenvalue weighted by Gasteiger charge is 2.19. The lowest BCUT2D eigenvalue weighted by Crippen LogP contribution is -2.38. The molecule has 0 aromatic rings. The van der Waals surface area contributed by atoms with Crippen LogP contribution in [-0.2, 0) is 18.3 Å². The molecular formula is C20H45N2O5P. The van der Waals surface area contributed by atoms with E-state index in [2.05, 4.69) is 6.92 Å². The number of quaternary nitrogens is 1. The van der Waals surface area contributed by atoms with Crippen molar-refractivity contribution in [3.63, 3.8) is 0 Å². The summed E-state index contributed by atoms with van der Waals surface area (Å²) in [6.07, 6.45) is 12.0. The molecule has 8 heteroatoms. The van der Waals surface area contributed by atoms with Crippen LogP contribution in [0.25, 0.3) is 0 Å². The Balaban J connectivity index is 3.68. The summed E-state index contributed by atoms with van der Waals surface area (Å²) < 4.78 is 27.9. The van der Waals surface area contributed by atoms with E-state index in [9.17, 15) is 9.46 Å². The summed E-state index contributed by atoms with van der Waals surface area (Å²) in [4.78, 5) is 11.9. The van der Waals surface area contributed by atoms with Crippen molar-refractivity contribution >= 4 is 7.82 Å². The number of ether oxygens (including phenoxy) is 1. The van der Waals surface area contributed by atoms with Crippen LogP contribution in [0.4, 0.5) is 0 Å². The molecule has 0 spiro atoms. The van der Waals surface area contributed by atoms with Gasteiger partial charge >= 0.3 is 0 Å². The summed E-state index contributed by atoms with van der Waals surface area (Å²) in [5.41, 5.74) is 5.59. The Kier molecular flexibility index (Phi) is 16.7. The smallest absolute Gasteiger partial charge is 0.268 e. The second-order valence-corrected chi connectivity index (χ2v) is 9.88. The Morgan fingerprint density at radius 3 is 1.96 bits per heavy atom. The van der Waals surface area contributed by atoms with Crippen LogP contribution in [0, 0.1) is 0 Å². The zero-order valence-corrected chi connectivity index (χ0v) is 19.6. The first kappa shape index (κ1) is 28.0. The third-order valence-electron chi connectivity index (χ3n) is 4.50. The fraction of sp³-hybridized carbons (Fsp3) is 1.00. The monoisotopic (exact) mass is 424 g/mol. The summed E-state index contributed by atoms with van der Waals surface area (Å²) in [6, 6.07) is 0. The Labute approximate surface area is 173 Å². The molecule has 0 saturated carbocycles. The number of nitrogens with two attached hydrogens (primary N) is 1. The van der Waals surface area contributed by atoms with Gasteiger partial charge in [0.1, 0.15) is 19.3 Å². The van der Waals surface area contributed by atoms with Gasteiger partial charge in [-0.05, 0) is 6.42 Å². The fourth-order valence-electron chi connectivity index (χ4n) is 2.69. The molecule has 0 heterocycles. The number of likely N-dealkylation sites (N-methyl/N-ethyl adjacent to an activating group) is 1. The minimum absolute atomic E-state index is 0.0724. The molecule has 0 aliphatic rings. The molecule has 2 N–H and O–H groups in total. The van der Waals surface area contributed by atoms with E-state index in [0.29, 0.717) is 17.6 Å². The largest absolute Gasteiger partial charge is 0.756 e. The van der Waals surface area contributed by atoms with E-state index in [1.54, 1.807) is 0 Å². The van der Waals surface area contributed by atoms with Crippen LogP contribution in [-0.4, -0.2) is 64.6 Å². The van der Waals surface area contributed by atoms with Gasteiger partial charge in [-0.3, -0.25) is 4.57 Å².